The molecular formula is C20H16F3N5O3. The average Bonchev–Trinajstić information content (AvgIpc) is 3.32. The van der Waals surface area contributed by atoms with Crippen molar-refractivity contribution in [3.63, 3.8) is 0 Å². The van der Waals surface area contributed by atoms with E-state index in [2.05, 4.69) is 19.7 Å². The lowest BCUT2D eigenvalue weighted by Gasteiger charge is -2.19. The van der Waals surface area contributed by atoms with Crippen LogP contribution in [0.4, 0.5) is 23.7 Å². The molecule has 8 nitrogen and oxygen atoms in total. The maximum Gasteiger partial charge on any atom is 0.573 e. The number of urea groups is 1. The number of pyridine rings is 1. The van der Waals surface area contributed by atoms with Crippen LogP contribution in [0.15, 0.2) is 55.0 Å². The Labute approximate surface area is 174 Å². The second kappa shape index (κ2) is 7.74. The number of anilines is 1. The van der Waals surface area contributed by atoms with Gasteiger partial charge in [-0.3, -0.25) is 9.78 Å². The largest absolute Gasteiger partial charge is 0.573 e. The lowest BCUT2D eigenvalue weighted by molar-refractivity contribution is -0.274. The third-order valence-electron chi connectivity index (χ3n) is 4.73. The van der Waals surface area contributed by atoms with E-state index in [-0.39, 0.29) is 12.2 Å². The fourth-order valence-electron chi connectivity index (χ4n) is 3.25. The number of aromatic amines is 1. The molecule has 0 radical (unpaired) electrons. The molecule has 1 unspecified atom stereocenters. The number of H-pyrrole nitrogens is 1. The number of hydrogen-bond acceptors (Lipinski definition) is 5. The van der Waals surface area contributed by atoms with E-state index in [0.29, 0.717) is 11.5 Å². The van der Waals surface area contributed by atoms with E-state index in [1.807, 2.05) is 0 Å². The van der Waals surface area contributed by atoms with Crippen molar-refractivity contribution in [1.29, 1.82) is 0 Å². The third kappa shape index (κ3) is 4.20. The summed E-state index contributed by atoms with van der Waals surface area (Å²) >= 11 is 0. The third-order valence-corrected chi connectivity index (χ3v) is 4.73. The molecule has 2 aromatic heterocycles. The highest BCUT2D eigenvalue weighted by atomic mass is 19.4. The quantitative estimate of drug-likeness (QED) is 0.622. The number of nitrogens with one attached hydrogen (secondary N) is 1. The summed E-state index contributed by atoms with van der Waals surface area (Å²) in [4.78, 5) is 39.3. The number of carbonyl (C=O) groups excluding carboxylic acids is 2. The van der Waals surface area contributed by atoms with Gasteiger partial charge in [0.15, 0.2) is 5.82 Å². The van der Waals surface area contributed by atoms with E-state index >= 15 is 0 Å². The van der Waals surface area contributed by atoms with Crippen LogP contribution in [-0.2, 0) is 11.3 Å². The summed E-state index contributed by atoms with van der Waals surface area (Å²) in [6.07, 6.45) is 0.0111. The van der Waals surface area contributed by atoms with E-state index in [4.69, 9.17) is 0 Å². The summed E-state index contributed by atoms with van der Waals surface area (Å²) in [6, 6.07) is 6.73. The predicted molar refractivity (Wildman–Crippen MR) is 103 cm³/mol. The maximum atomic E-state index is 12.9. The van der Waals surface area contributed by atoms with Crippen LogP contribution >= 0.6 is 0 Å². The summed E-state index contributed by atoms with van der Waals surface area (Å²) < 4.78 is 40.8. The van der Waals surface area contributed by atoms with Gasteiger partial charge in [-0.15, -0.1) is 13.2 Å². The highest BCUT2D eigenvalue weighted by Gasteiger charge is 2.43. The fraction of sp³-hybridized carbons (Fsp3) is 0.200. The zero-order valence-corrected chi connectivity index (χ0v) is 16.1. The van der Waals surface area contributed by atoms with Crippen molar-refractivity contribution in [1.82, 2.24) is 19.9 Å². The van der Waals surface area contributed by atoms with Gasteiger partial charge in [0.1, 0.15) is 17.5 Å². The molecule has 1 fully saturated rings. The number of halogens is 3. The summed E-state index contributed by atoms with van der Waals surface area (Å²) in [6.45, 7) is 1.74. The van der Waals surface area contributed by atoms with Gasteiger partial charge in [0.05, 0.1) is 5.69 Å². The topological polar surface area (TPSA) is 91.4 Å². The number of hydrogen-bond donors (Lipinski definition) is 1. The molecule has 0 aliphatic carbocycles. The van der Waals surface area contributed by atoms with Crippen LogP contribution in [0.25, 0.3) is 11.5 Å². The van der Waals surface area contributed by atoms with E-state index in [9.17, 15) is 22.8 Å². The zero-order valence-electron chi connectivity index (χ0n) is 16.1. The minimum atomic E-state index is -4.83. The number of carbonyl (C=O) groups is 2. The van der Waals surface area contributed by atoms with Crippen molar-refractivity contribution >= 4 is 17.6 Å². The molecule has 11 heteroatoms. The van der Waals surface area contributed by atoms with Crippen LogP contribution in [0.1, 0.15) is 12.5 Å². The second-order valence-electron chi connectivity index (χ2n) is 6.79. The Hall–Kier alpha value is -3.89. The first-order chi connectivity index (χ1) is 14.7. The average molecular weight is 431 g/mol. The summed E-state index contributed by atoms with van der Waals surface area (Å²) in [5.41, 5.74) is 1.49. The first-order valence-electron chi connectivity index (χ1n) is 9.18. The highest BCUT2D eigenvalue weighted by Crippen LogP contribution is 2.30. The van der Waals surface area contributed by atoms with Crippen molar-refractivity contribution < 1.29 is 27.5 Å². The van der Waals surface area contributed by atoms with Gasteiger partial charge in [-0.25, -0.2) is 14.7 Å². The van der Waals surface area contributed by atoms with Crippen molar-refractivity contribution in [3.8, 4) is 17.3 Å². The van der Waals surface area contributed by atoms with Crippen LogP contribution in [-0.4, -0.2) is 44.2 Å². The molecule has 0 spiro atoms. The van der Waals surface area contributed by atoms with Gasteiger partial charge in [-0.2, -0.15) is 0 Å². The lowest BCUT2D eigenvalue weighted by Crippen LogP contribution is -2.33. The first kappa shape index (κ1) is 20.4. The van der Waals surface area contributed by atoms with E-state index in [1.165, 1.54) is 17.0 Å². The number of benzene rings is 1. The van der Waals surface area contributed by atoms with Crippen molar-refractivity contribution in [2.75, 3.05) is 4.90 Å². The van der Waals surface area contributed by atoms with Crippen LogP contribution in [0.2, 0.25) is 0 Å². The number of amides is 3. The van der Waals surface area contributed by atoms with E-state index in [0.717, 1.165) is 22.6 Å². The number of alkyl halides is 3. The monoisotopic (exact) mass is 431 g/mol. The molecule has 1 atom stereocenters. The van der Waals surface area contributed by atoms with Gasteiger partial charge in [0, 0.05) is 25.1 Å². The molecule has 1 aliphatic rings. The fourth-order valence-corrected chi connectivity index (χ4v) is 3.25. The maximum absolute atomic E-state index is 12.9. The Bertz CT molecular complexity index is 1100. The standard InChI is InChI=1S/C20H16F3N5O3/c1-12-18(29)28(14-2-4-15(5-3-14)31-20(21,22)23)19(30)27(12)11-13-6-7-24-16(10-13)17-25-8-9-26-17/h2-10,12H,11H2,1H3,(H,25,26). The molecule has 3 aromatic rings. The summed E-state index contributed by atoms with van der Waals surface area (Å²) in [7, 11) is 0. The van der Waals surface area contributed by atoms with Gasteiger partial charge in [-0.1, -0.05) is 0 Å². The van der Waals surface area contributed by atoms with Gasteiger partial charge >= 0.3 is 12.4 Å². The summed E-state index contributed by atoms with van der Waals surface area (Å²) in [5.74, 6) is -0.348. The molecule has 31 heavy (non-hydrogen) atoms. The Morgan fingerprint density at radius 2 is 1.84 bits per heavy atom. The lowest BCUT2D eigenvalue weighted by atomic mass is 10.2. The highest BCUT2D eigenvalue weighted by molar-refractivity contribution is 6.21. The van der Waals surface area contributed by atoms with Crippen molar-refractivity contribution in [2.24, 2.45) is 0 Å². The minimum absolute atomic E-state index is 0.147. The van der Waals surface area contributed by atoms with E-state index < -0.39 is 30.1 Å². The SMILES string of the molecule is CC1C(=O)N(c2ccc(OC(F)(F)F)cc2)C(=O)N1Cc1ccnc(-c2ncc[nH]2)c1. The Morgan fingerprint density at radius 1 is 1.10 bits per heavy atom. The number of aromatic nitrogens is 3. The normalized spacial score (nSPS) is 16.8. The first-order valence-corrected chi connectivity index (χ1v) is 9.18. The molecule has 1 saturated heterocycles. The Kier molecular flexibility index (Phi) is 5.09. The van der Waals surface area contributed by atoms with Gasteiger partial charge in [0.25, 0.3) is 5.91 Å². The molecule has 1 N–H and O–H groups in total. The minimum Gasteiger partial charge on any atom is -0.406 e. The van der Waals surface area contributed by atoms with Crippen molar-refractivity contribution in [3.05, 3.63) is 60.6 Å². The Balaban J connectivity index is 1.53. The molecule has 3 heterocycles. The van der Waals surface area contributed by atoms with Crippen LogP contribution in [0.3, 0.4) is 0 Å². The molecular weight excluding hydrogens is 415 g/mol. The predicted octanol–water partition coefficient (Wildman–Crippen LogP) is 3.73. The van der Waals surface area contributed by atoms with Crippen molar-refractivity contribution in [2.45, 2.75) is 25.9 Å². The van der Waals surface area contributed by atoms with Crippen LogP contribution in [0, 0.1) is 0 Å². The number of nitrogens with zero attached hydrogens (tertiary/aromatic N) is 4. The van der Waals surface area contributed by atoms with E-state index in [1.54, 1.807) is 37.6 Å². The summed E-state index contributed by atoms with van der Waals surface area (Å²) in [5, 5.41) is 0. The van der Waals surface area contributed by atoms with Gasteiger partial charge < -0.3 is 14.6 Å². The Morgan fingerprint density at radius 3 is 2.48 bits per heavy atom. The number of imide groups is 1. The number of ether oxygens (including phenoxy) is 1. The molecule has 0 bridgehead atoms. The molecule has 1 aromatic carbocycles. The molecule has 160 valence electrons. The number of imidazole rings is 1. The molecule has 3 amide bonds. The zero-order chi connectivity index (χ0) is 22.2. The van der Waals surface area contributed by atoms with Gasteiger partial charge in [-0.05, 0) is 48.9 Å². The molecule has 0 saturated carbocycles. The molecule has 1 aliphatic heterocycles. The van der Waals surface area contributed by atoms with Crippen LogP contribution in [0.5, 0.6) is 5.75 Å². The number of rotatable bonds is 5. The second-order valence-corrected chi connectivity index (χ2v) is 6.79. The van der Waals surface area contributed by atoms with Crippen LogP contribution < -0.4 is 9.64 Å². The smallest absolute Gasteiger partial charge is 0.406 e. The van der Waals surface area contributed by atoms with Gasteiger partial charge in [0.2, 0.25) is 0 Å². The molecule has 4 rings (SSSR count).